The predicted octanol–water partition coefficient (Wildman–Crippen LogP) is 1.84. The van der Waals surface area contributed by atoms with Gasteiger partial charge in [0.1, 0.15) is 5.75 Å². The molecule has 0 aliphatic carbocycles. The molecular weight excluding hydrogens is 354 g/mol. The lowest BCUT2D eigenvalue weighted by Crippen LogP contribution is -2.20. The number of nitrogens with one attached hydrogen (secondary N) is 1. The third-order valence-electron chi connectivity index (χ3n) is 3.41. The molecule has 0 fully saturated rings. The lowest BCUT2D eigenvalue weighted by molar-refractivity contribution is -0.385. The van der Waals surface area contributed by atoms with Crippen LogP contribution in [0.5, 0.6) is 5.75 Å². The molecule has 0 aliphatic rings. The monoisotopic (exact) mass is 371 g/mol. The highest BCUT2D eigenvalue weighted by Crippen LogP contribution is 2.17. The van der Waals surface area contributed by atoms with Crippen molar-refractivity contribution >= 4 is 23.8 Å². The molecule has 0 atom stereocenters. The van der Waals surface area contributed by atoms with Crippen LogP contribution in [-0.2, 0) is 20.7 Å². The van der Waals surface area contributed by atoms with Gasteiger partial charge in [0, 0.05) is 11.6 Å². The SMILES string of the molecule is COC(=O)COc1ccc(/C=N/NC(=O)Cc2ccccc2[N+](=O)[O-])cc1. The van der Waals surface area contributed by atoms with Gasteiger partial charge in [0.2, 0.25) is 5.91 Å². The van der Waals surface area contributed by atoms with Gasteiger partial charge in [-0.2, -0.15) is 5.10 Å². The molecular formula is C18H17N3O6. The Morgan fingerprint density at radius 2 is 1.89 bits per heavy atom. The number of nitrogens with zero attached hydrogens (tertiary/aromatic N) is 2. The Balaban J connectivity index is 1.87. The Kier molecular flexibility index (Phi) is 7.00. The van der Waals surface area contributed by atoms with E-state index in [2.05, 4.69) is 15.3 Å². The lowest BCUT2D eigenvalue weighted by Gasteiger charge is -2.04. The first kappa shape index (κ1) is 19.6. The van der Waals surface area contributed by atoms with E-state index in [-0.39, 0.29) is 18.7 Å². The van der Waals surface area contributed by atoms with Crippen LogP contribution in [0.25, 0.3) is 0 Å². The van der Waals surface area contributed by atoms with Crippen molar-refractivity contribution in [1.29, 1.82) is 0 Å². The molecule has 0 spiro atoms. The first-order valence-corrected chi connectivity index (χ1v) is 7.83. The van der Waals surface area contributed by atoms with Gasteiger partial charge in [-0.3, -0.25) is 14.9 Å². The van der Waals surface area contributed by atoms with Crippen molar-refractivity contribution in [3.8, 4) is 5.75 Å². The zero-order valence-electron chi connectivity index (χ0n) is 14.5. The van der Waals surface area contributed by atoms with Crippen molar-refractivity contribution in [2.45, 2.75) is 6.42 Å². The number of nitro groups is 1. The van der Waals surface area contributed by atoms with Crippen LogP contribution in [0.4, 0.5) is 5.69 Å². The predicted molar refractivity (Wildman–Crippen MR) is 96.5 cm³/mol. The molecule has 27 heavy (non-hydrogen) atoms. The largest absolute Gasteiger partial charge is 0.482 e. The molecule has 9 nitrogen and oxygen atoms in total. The first-order valence-electron chi connectivity index (χ1n) is 7.83. The second kappa shape index (κ2) is 9.66. The average molecular weight is 371 g/mol. The second-order valence-electron chi connectivity index (χ2n) is 5.29. The highest BCUT2D eigenvalue weighted by atomic mass is 16.6. The van der Waals surface area contributed by atoms with Crippen LogP contribution in [0.2, 0.25) is 0 Å². The maximum atomic E-state index is 11.9. The Labute approximate surface area is 154 Å². The normalized spacial score (nSPS) is 10.4. The maximum Gasteiger partial charge on any atom is 0.343 e. The number of para-hydroxylation sites is 1. The van der Waals surface area contributed by atoms with Crippen LogP contribution >= 0.6 is 0 Å². The molecule has 0 heterocycles. The quantitative estimate of drug-likeness (QED) is 0.327. The summed E-state index contributed by atoms with van der Waals surface area (Å²) in [7, 11) is 1.27. The van der Waals surface area contributed by atoms with Crippen molar-refractivity contribution in [2.24, 2.45) is 5.10 Å². The second-order valence-corrected chi connectivity index (χ2v) is 5.29. The van der Waals surface area contributed by atoms with Crippen molar-refractivity contribution < 1.29 is 24.0 Å². The number of hydrogen-bond donors (Lipinski definition) is 1. The number of methoxy groups -OCH3 is 1. The van der Waals surface area contributed by atoms with Gasteiger partial charge in [-0.25, -0.2) is 10.2 Å². The Bertz CT molecular complexity index is 848. The summed E-state index contributed by atoms with van der Waals surface area (Å²) in [6.45, 7) is -0.189. The van der Waals surface area contributed by atoms with E-state index in [1.807, 2.05) is 0 Å². The molecule has 0 unspecified atom stereocenters. The lowest BCUT2D eigenvalue weighted by atomic mass is 10.1. The van der Waals surface area contributed by atoms with Crippen molar-refractivity contribution in [3.05, 3.63) is 69.8 Å². The molecule has 140 valence electrons. The van der Waals surface area contributed by atoms with Gasteiger partial charge in [0.15, 0.2) is 6.61 Å². The van der Waals surface area contributed by atoms with Crippen LogP contribution < -0.4 is 10.2 Å². The van der Waals surface area contributed by atoms with Gasteiger partial charge in [0.05, 0.1) is 24.7 Å². The van der Waals surface area contributed by atoms with Gasteiger partial charge in [0.25, 0.3) is 5.69 Å². The number of ether oxygens (including phenoxy) is 2. The summed E-state index contributed by atoms with van der Waals surface area (Å²) in [5.41, 5.74) is 3.21. The van der Waals surface area contributed by atoms with E-state index in [4.69, 9.17) is 4.74 Å². The fourth-order valence-corrected chi connectivity index (χ4v) is 2.08. The molecule has 0 saturated carbocycles. The van der Waals surface area contributed by atoms with Crippen LogP contribution in [0.3, 0.4) is 0 Å². The van der Waals surface area contributed by atoms with Crippen molar-refractivity contribution in [1.82, 2.24) is 5.43 Å². The number of esters is 1. The zero-order chi connectivity index (χ0) is 19.6. The van der Waals surface area contributed by atoms with Gasteiger partial charge >= 0.3 is 5.97 Å². The molecule has 0 bridgehead atoms. The van der Waals surface area contributed by atoms with Gasteiger partial charge in [-0.05, 0) is 29.8 Å². The molecule has 1 amide bonds. The van der Waals surface area contributed by atoms with E-state index >= 15 is 0 Å². The molecule has 0 saturated heterocycles. The topological polar surface area (TPSA) is 120 Å². The minimum absolute atomic E-state index is 0.112. The first-order chi connectivity index (χ1) is 13.0. The van der Waals surface area contributed by atoms with E-state index in [1.165, 1.54) is 31.5 Å². The zero-order valence-corrected chi connectivity index (χ0v) is 14.5. The maximum absolute atomic E-state index is 11.9. The minimum atomic E-state index is -0.532. The van der Waals surface area contributed by atoms with E-state index in [9.17, 15) is 19.7 Å². The molecule has 9 heteroatoms. The Morgan fingerprint density at radius 1 is 1.19 bits per heavy atom. The van der Waals surface area contributed by atoms with E-state index in [0.717, 1.165) is 0 Å². The van der Waals surface area contributed by atoms with Crippen LogP contribution in [0.1, 0.15) is 11.1 Å². The van der Waals surface area contributed by atoms with Crippen LogP contribution in [-0.4, -0.2) is 36.7 Å². The van der Waals surface area contributed by atoms with Crippen molar-refractivity contribution in [3.63, 3.8) is 0 Å². The Hall–Kier alpha value is -3.75. The molecule has 1 N–H and O–H groups in total. The number of hydrazone groups is 1. The minimum Gasteiger partial charge on any atom is -0.482 e. The average Bonchev–Trinajstić information content (AvgIpc) is 2.67. The smallest absolute Gasteiger partial charge is 0.343 e. The number of nitro benzene ring substituents is 1. The molecule has 0 aromatic heterocycles. The summed E-state index contributed by atoms with van der Waals surface area (Å²) >= 11 is 0. The molecule has 2 aromatic carbocycles. The van der Waals surface area contributed by atoms with E-state index < -0.39 is 16.8 Å². The summed E-state index contributed by atoms with van der Waals surface area (Å²) in [4.78, 5) is 33.3. The highest BCUT2D eigenvalue weighted by Gasteiger charge is 2.14. The summed E-state index contributed by atoms with van der Waals surface area (Å²) in [5.74, 6) is -0.474. The number of benzene rings is 2. The number of carbonyl (C=O) groups excluding carboxylic acids is 2. The summed E-state index contributed by atoms with van der Waals surface area (Å²) in [5, 5.41) is 14.8. The van der Waals surface area contributed by atoms with Crippen molar-refractivity contribution in [2.75, 3.05) is 13.7 Å². The van der Waals surface area contributed by atoms with Crippen LogP contribution in [0.15, 0.2) is 53.6 Å². The van der Waals surface area contributed by atoms with Gasteiger partial charge in [-0.15, -0.1) is 0 Å². The number of amides is 1. The Morgan fingerprint density at radius 3 is 2.56 bits per heavy atom. The molecule has 0 aliphatic heterocycles. The number of hydrogen-bond acceptors (Lipinski definition) is 7. The summed E-state index contributed by atoms with van der Waals surface area (Å²) in [6, 6.07) is 12.7. The standard InChI is InChI=1S/C18H17N3O6/c1-26-18(23)12-27-15-8-6-13(7-9-15)11-19-20-17(22)10-14-4-2-3-5-16(14)21(24)25/h2-9,11H,10,12H2,1H3,(H,20,22)/b19-11+. The fraction of sp³-hybridized carbons (Fsp3) is 0.167. The molecule has 0 radical (unpaired) electrons. The van der Waals surface area contributed by atoms with E-state index in [1.54, 1.807) is 30.3 Å². The number of rotatable bonds is 8. The van der Waals surface area contributed by atoms with E-state index in [0.29, 0.717) is 16.9 Å². The van der Waals surface area contributed by atoms with Gasteiger partial charge in [-0.1, -0.05) is 18.2 Å². The highest BCUT2D eigenvalue weighted by molar-refractivity contribution is 5.83. The van der Waals surface area contributed by atoms with Crippen LogP contribution in [0, 0.1) is 10.1 Å². The van der Waals surface area contributed by atoms with Gasteiger partial charge < -0.3 is 9.47 Å². The summed E-state index contributed by atoms with van der Waals surface area (Å²) in [6.07, 6.45) is 1.26. The number of carbonyl (C=O) groups is 2. The fourth-order valence-electron chi connectivity index (χ4n) is 2.08. The third kappa shape index (κ3) is 6.24. The third-order valence-corrected chi connectivity index (χ3v) is 3.41. The molecule has 2 aromatic rings. The molecule has 2 rings (SSSR count). The summed E-state index contributed by atoms with van der Waals surface area (Å²) < 4.78 is 9.68.